The van der Waals surface area contributed by atoms with Gasteiger partial charge in [-0.3, -0.25) is 14.8 Å². The Morgan fingerprint density at radius 3 is 2.69 bits per heavy atom. The zero-order valence-electron chi connectivity index (χ0n) is 15.1. The van der Waals surface area contributed by atoms with Crippen LogP contribution in [-0.2, 0) is 11.2 Å². The summed E-state index contributed by atoms with van der Waals surface area (Å²) in [6.45, 7) is 3.80. The van der Waals surface area contributed by atoms with Gasteiger partial charge in [-0.25, -0.2) is 4.98 Å². The number of hydrogen-bond acceptors (Lipinski definition) is 6. The maximum absolute atomic E-state index is 12.6. The fraction of sp³-hybridized carbons (Fsp3) is 0.400. The van der Waals surface area contributed by atoms with Crippen LogP contribution in [0.15, 0.2) is 35.1 Å². The Hall–Kier alpha value is -2.60. The number of oxazole rings is 1. The summed E-state index contributed by atoms with van der Waals surface area (Å²) in [5, 5.41) is 0.956. The molecule has 4 rings (SSSR count). The van der Waals surface area contributed by atoms with Crippen molar-refractivity contribution >= 4 is 16.7 Å². The molecular weight excluding hydrogens is 328 g/mol. The third-order valence-electron chi connectivity index (χ3n) is 5.06. The van der Waals surface area contributed by atoms with E-state index in [0.29, 0.717) is 23.9 Å². The summed E-state index contributed by atoms with van der Waals surface area (Å²) in [5.74, 6) is 1.77. The van der Waals surface area contributed by atoms with Crippen molar-refractivity contribution in [1.29, 1.82) is 0 Å². The van der Waals surface area contributed by atoms with E-state index in [4.69, 9.17) is 4.42 Å². The van der Waals surface area contributed by atoms with Gasteiger partial charge in [0.25, 0.3) is 0 Å². The highest BCUT2D eigenvalue weighted by molar-refractivity contribution is 5.86. The minimum atomic E-state index is 0.158. The molecular formula is C20H22N4O2. The van der Waals surface area contributed by atoms with Crippen LogP contribution >= 0.6 is 0 Å². The monoisotopic (exact) mass is 350 g/mol. The van der Waals surface area contributed by atoms with Gasteiger partial charge in [0.15, 0.2) is 11.7 Å². The highest BCUT2D eigenvalue weighted by Gasteiger charge is 2.23. The normalized spacial score (nSPS) is 16.2. The predicted molar refractivity (Wildman–Crippen MR) is 98.7 cm³/mol. The number of ketones is 1. The molecule has 26 heavy (non-hydrogen) atoms. The van der Waals surface area contributed by atoms with Gasteiger partial charge in [0, 0.05) is 42.1 Å². The number of rotatable bonds is 4. The smallest absolute Gasteiger partial charge is 0.191 e. The lowest BCUT2D eigenvalue weighted by molar-refractivity contribution is -0.123. The van der Waals surface area contributed by atoms with E-state index >= 15 is 0 Å². The van der Waals surface area contributed by atoms with Crippen molar-refractivity contribution in [2.45, 2.75) is 26.2 Å². The number of carbonyl (C=O) groups excluding carboxylic acids is 1. The second-order valence-corrected chi connectivity index (χ2v) is 7.06. The number of pyridine rings is 2. The molecule has 0 aliphatic carbocycles. The van der Waals surface area contributed by atoms with E-state index in [1.807, 2.05) is 19.1 Å². The van der Waals surface area contributed by atoms with Gasteiger partial charge in [-0.05, 0) is 45.1 Å². The number of carbonyl (C=O) groups is 1. The summed E-state index contributed by atoms with van der Waals surface area (Å²) in [5.41, 5.74) is 2.48. The number of aryl methyl sites for hydroxylation is 1. The van der Waals surface area contributed by atoms with Crippen LogP contribution in [-0.4, -0.2) is 45.8 Å². The molecule has 1 aliphatic rings. The summed E-state index contributed by atoms with van der Waals surface area (Å²) in [6.07, 6.45) is 7.47. The van der Waals surface area contributed by atoms with E-state index in [2.05, 4.69) is 26.9 Å². The fourth-order valence-electron chi connectivity index (χ4n) is 3.46. The lowest BCUT2D eigenvalue weighted by Gasteiger charge is -2.27. The van der Waals surface area contributed by atoms with Crippen molar-refractivity contribution in [3.63, 3.8) is 0 Å². The Labute approximate surface area is 152 Å². The van der Waals surface area contributed by atoms with Gasteiger partial charge in [-0.2, -0.15) is 0 Å². The van der Waals surface area contributed by atoms with Crippen molar-refractivity contribution in [1.82, 2.24) is 19.9 Å². The quantitative estimate of drug-likeness (QED) is 0.720. The highest BCUT2D eigenvalue weighted by Crippen LogP contribution is 2.24. The van der Waals surface area contributed by atoms with E-state index < -0.39 is 0 Å². The van der Waals surface area contributed by atoms with Crippen LogP contribution in [0.3, 0.4) is 0 Å². The highest BCUT2D eigenvalue weighted by atomic mass is 16.4. The van der Waals surface area contributed by atoms with Crippen LogP contribution in [0.5, 0.6) is 0 Å². The summed E-state index contributed by atoms with van der Waals surface area (Å²) in [7, 11) is 2.10. The predicted octanol–water partition coefficient (Wildman–Crippen LogP) is 3.05. The first-order valence-corrected chi connectivity index (χ1v) is 8.97. The van der Waals surface area contributed by atoms with Crippen molar-refractivity contribution in [2.75, 3.05) is 20.1 Å². The number of nitrogens with zero attached hydrogens (tertiary/aromatic N) is 4. The molecule has 134 valence electrons. The Kier molecular flexibility index (Phi) is 4.51. The molecule has 1 aliphatic heterocycles. The summed E-state index contributed by atoms with van der Waals surface area (Å²) in [4.78, 5) is 27.9. The molecule has 0 radical (unpaired) electrons. The Bertz CT molecular complexity index is 942. The number of likely N-dealkylation sites (tertiary alicyclic amines) is 1. The Morgan fingerprint density at radius 1 is 1.15 bits per heavy atom. The van der Waals surface area contributed by atoms with Gasteiger partial charge in [-0.15, -0.1) is 0 Å². The van der Waals surface area contributed by atoms with Gasteiger partial charge in [-0.1, -0.05) is 0 Å². The Morgan fingerprint density at radius 2 is 1.96 bits per heavy atom. The van der Waals surface area contributed by atoms with Crippen LogP contribution in [0.4, 0.5) is 0 Å². The SMILES string of the molecule is Cc1ncc(-c2cnc3cnc(CC(=O)C4CCN(C)CC4)cc3c2)o1. The number of fused-ring (bicyclic) bond motifs is 1. The molecule has 0 N–H and O–H groups in total. The van der Waals surface area contributed by atoms with Gasteiger partial charge in [0.1, 0.15) is 5.78 Å². The van der Waals surface area contributed by atoms with Crippen LogP contribution in [0.25, 0.3) is 22.2 Å². The molecule has 0 unspecified atom stereocenters. The molecule has 3 aromatic rings. The molecule has 6 nitrogen and oxygen atoms in total. The lowest BCUT2D eigenvalue weighted by Crippen LogP contribution is -2.34. The molecule has 0 saturated carbocycles. The molecule has 3 aromatic heterocycles. The maximum Gasteiger partial charge on any atom is 0.191 e. The molecule has 1 saturated heterocycles. The van der Waals surface area contributed by atoms with Crippen molar-refractivity contribution < 1.29 is 9.21 Å². The maximum atomic E-state index is 12.6. The van der Waals surface area contributed by atoms with Gasteiger partial charge >= 0.3 is 0 Å². The Balaban J connectivity index is 1.55. The fourth-order valence-corrected chi connectivity index (χ4v) is 3.46. The number of hydrogen-bond donors (Lipinski definition) is 0. The summed E-state index contributed by atoms with van der Waals surface area (Å²) in [6, 6.07) is 3.97. The van der Waals surface area contributed by atoms with Gasteiger partial charge < -0.3 is 9.32 Å². The number of Topliss-reactive ketones (excluding diaryl/α,β-unsaturated/α-hetero) is 1. The molecule has 4 heterocycles. The molecule has 0 spiro atoms. The van der Waals surface area contributed by atoms with Crippen LogP contribution < -0.4 is 0 Å². The molecule has 0 atom stereocenters. The molecule has 1 fully saturated rings. The first kappa shape index (κ1) is 16.8. The largest absolute Gasteiger partial charge is 0.441 e. The summed E-state index contributed by atoms with van der Waals surface area (Å²) < 4.78 is 5.58. The minimum Gasteiger partial charge on any atom is -0.441 e. The zero-order valence-corrected chi connectivity index (χ0v) is 15.1. The second kappa shape index (κ2) is 6.96. The number of piperidine rings is 1. The van der Waals surface area contributed by atoms with Crippen LogP contribution in [0.1, 0.15) is 24.4 Å². The van der Waals surface area contributed by atoms with E-state index in [0.717, 1.165) is 48.1 Å². The van der Waals surface area contributed by atoms with Gasteiger partial charge in [0.2, 0.25) is 0 Å². The molecule has 0 aromatic carbocycles. The molecule has 0 bridgehead atoms. The first-order valence-electron chi connectivity index (χ1n) is 8.97. The van der Waals surface area contributed by atoms with E-state index in [1.54, 1.807) is 18.6 Å². The zero-order chi connectivity index (χ0) is 18.1. The van der Waals surface area contributed by atoms with Crippen molar-refractivity contribution in [3.05, 3.63) is 42.3 Å². The molecule has 6 heteroatoms. The standard InChI is InChI=1S/C20H22N4O2/c1-13-21-12-20(26-13)16-7-15-8-17(22-11-18(15)23-10-16)9-19(25)14-3-5-24(2)6-4-14/h7-8,10-12,14H,3-6,9H2,1-2H3. The van der Waals surface area contributed by atoms with Crippen LogP contribution in [0.2, 0.25) is 0 Å². The van der Waals surface area contributed by atoms with Crippen LogP contribution in [0, 0.1) is 12.8 Å². The van der Waals surface area contributed by atoms with E-state index in [1.165, 1.54) is 0 Å². The third-order valence-corrected chi connectivity index (χ3v) is 5.06. The summed E-state index contributed by atoms with van der Waals surface area (Å²) >= 11 is 0. The lowest BCUT2D eigenvalue weighted by atomic mass is 9.90. The molecule has 0 amide bonds. The third kappa shape index (κ3) is 3.51. The number of aromatic nitrogens is 3. The van der Waals surface area contributed by atoms with E-state index in [-0.39, 0.29) is 5.92 Å². The van der Waals surface area contributed by atoms with E-state index in [9.17, 15) is 4.79 Å². The van der Waals surface area contributed by atoms with Crippen molar-refractivity contribution in [2.24, 2.45) is 5.92 Å². The minimum absolute atomic E-state index is 0.158. The second-order valence-electron chi connectivity index (χ2n) is 7.06. The average molecular weight is 350 g/mol. The van der Waals surface area contributed by atoms with Crippen molar-refractivity contribution in [3.8, 4) is 11.3 Å². The average Bonchev–Trinajstić information content (AvgIpc) is 3.08. The topological polar surface area (TPSA) is 72.1 Å². The first-order chi connectivity index (χ1) is 12.6. The van der Waals surface area contributed by atoms with Gasteiger partial charge in [0.05, 0.1) is 17.9 Å².